The van der Waals surface area contributed by atoms with Crippen LogP contribution in [0.25, 0.3) is 11.5 Å². The van der Waals surface area contributed by atoms with Gasteiger partial charge in [-0.2, -0.15) is 0 Å². The minimum absolute atomic E-state index is 0.0278. The number of aryl methyl sites for hydroxylation is 1. The van der Waals surface area contributed by atoms with E-state index in [1.165, 1.54) is 6.39 Å². The maximum atomic E-state index is 12.3. The maximum Gasteiger partial charge on any atom is 0.247 e. The summed E-state index contributed by atoms with van der Waals surface area (Å²) in [5, 5.41) is 13.8. The highest BCUT2D eigenvalue weighted by atomic mass is 16.4. The number of carbonyl (C=O) groups excluding carboxylic acids is 1. The largest absolute Gasteiger partial charge is 0.423 e. The lowest BCUT2D eigenvalue weighted by Gasteiger charge is -2.15. The second-order valence-electron chi connectivity index (χ2n) is 5.50. The topological polar surface area (TPSA) is 80.1 Å². The van der Waals surface area contributed by atoms with Crippen molar-refractivity contribution in [2.24, 2.45) is 11.8 Å². The van der Waals surface area contributed by atoms with Crippen LogP contribution in [0, 0.1) is 18.8 Å². The molecule has 1 amide bonds. The zero-order valence-electron chi connectivity index (χ0n) is 12.1. The number of hydrogen-bond acceptors (Lipinski definition) is 5. The number of anilines is 1. The molecule has 1 aromatic carbocycles. The van der Waals surface area contributed by atoms with Crippen molar-refractivity contribution < 1.29 is 9.21 Å². The molecule has 0 spiro atoms. The molecule has 3 rings (SSSR count). The van der Waals surface area contributed by atoms with Gasteiger partial charge in [0.1, 0.15) is 0 Å². The molecule has 2 heterocycles. The summed E-state index contributed by atoms with van der Waals surface area (Å²) >= 11 is 0. The molecule has 1 aromatic heterocycles. The monoisotopic (exact) mass is 286 g/mol. The van der Waals surface area contributed by atoms with Gasteiger partial charge in [-0.25, -0.2) is 0 Å². The number of benzene rings is 1. The van der Waals surface area contributed by atoms with Gasteiger partial charge in [-0.3, -0.25) is 4.79 Å². The Hall–Kier alpha value is -2.21. The minimum Gasteiger partial charge on any atom is -0.423 e. The van der Waals surface area contributed by atoms with Crippen molar-refractivity contribution in [1.29, 1.82) is 0 Å². The number of amides is 1. The summed E-state index contributed by atoms with van der Waals surface area (Å²) in [4.78, 5) is 12.3. The lowest BCUT2D eigenvalue weighted by Crippen LogP contribution is -2.28. The van der Waals surface area contributed by atoms with E-state index in [1.54, 1.807) is 0 Å². The van der Waals surface area contributed by atoms with E-state index in [0.717, 1.165) is 29.9 Å². The Morgan fingerprint density at radius 3 is 2.90 bits per heavy atom. The van der Waals surface area contributed by atoms with E-state index >= 15 is 0 Å². The first-order chi connectivity index (χ1) is 10.1. The van der Waals surface area contributed by atoms with E-state index in [4.69, 9.17) is 4.42 Å². The van der Waals surface area contributed by atoms with Gasteiger partial charge < -0.3 is 15.1 Å². The Morgan fingerprint density at radius 2 is 2.29 bits per heavy atom. The second-order valence-corrected chi connectivity index (χ2v) is 5.50. The van der Waals surface area contributed by atoms with Gasteiger partial charge in [0.25, 0.3) is 0 Å². The first-order valence-corrected chi connectivity index (χ1v) is 7.04. The van der Waals surface area contributed by atoms with E-state index in [-0.39, 0.29) is 11.8 Å². The molecule has 110 valence electrons. The Balaban J connectivity index is 1.76. The molecule has 6 heteroatoms. The predicted octanol–water partition coefficient (Wildman–Crippen LogP) is 1.84. The summed E-state index contributed by atoms with van der Waals surface area (Å²) in [6.07, 6.45) is 1.30. The number of aromatic nitrogens is 2. The van der Waals surface area contributed by atoms with Crippen molar-refractivity contribution in [3.8, 4) is 11.5 Å². The fourth-order valence-corrected chi connectivity index (χ4v) is 2.62. The molecule has 2 N–H and O–H groups in total. The van der Waals surface area contributed by atoms with Crippen LogP contribution >= 0.6 is 0 Å². The molecule has 2 atom stereocenters. The number of nitrogens with zero attached hydrogens (tertiary/aromatic N) is 2. The zero-order valence-corrected chi connectivity index (χ0v) is 12.1. The Kier molecular flexibility index (Phi) is 3.70. The van der Waals surface area contributed by atoms with Crippen molar-refractivity contribution in [3.05, 3.63) is 30.2 Å². The highest BCUT2D eigenvalue weighted by Gasteiger charge is 2.29. The molecule has 1 fully saturated rings. The molecule has 0 bridgehead atoms. The van der Waals surface area contributed by atoms with Gasteiger partial charge in [0.05, 0.1) is 5.92 Å². The summed E-state index contributed by atoms with van der Waals surface area (Å²) in [5.41, 5.74) is 2.64. The van der Waals surface area contributed by atoms with E-state index in [2.05, 4.69) is 27.8 Å². The van der Waals surface area contributed by atoms with Crippen LogP contribution in [0.4, 0.5) is 5.69 Å². The van der Waals surface area contributed by atoms with Crippen LogP contribution in [0.5, 0.6) is 0 Å². The molecule has 6 nitrogen and oxygen atoms in total. The van der Waals surface area contributed by atoms with Crippen LogP contribution in [-0.2, 0) is 4.79 Å². The average Bonchev–Trinajstić information content (AvgIpc) is 3.12. The van der Waals surface area contributed by atoms with E-state index in [9.17, 15) is 4.79 Å². The maximum absolute atomic E-state index is 12.3. The van der Waals surface area contributed by atoms with Gasteiger partial charge in [0.15, 0.2) is 0 Å². The van der Waals surface area contributed by atoms with Crippen molar-refractivity contribution in [1.82, 2.24) is 15.5 Å². The number of rotatable bonds is 3. The molecule has 21 heavy (non-hydrogen) atoms. The molecular weight excluding hydrogens is 268 g/mol. The van der Waals surface area contributed by atoms with Gasteiger partial charge in [-0.05, 0) is 43.1 Å². The normalized spacial score (nSPS) is 21.4. The zero-order chi connectivity index (χ0) is 14.8. The standard InChI is InChI=1S/C15H18N4O2/c1-9-5-11(15-19-17-8-21-15)3-4-13(9)18-14(20)12-7-16-6-10(12)2/h3-5,8,10,12,16H,6-7H2,1-2H3,(H,18,20)/t10-,12-/m1/s1. The molecule has 1 aliphatic heterocycles. The van der Waals surface area contributed by atoms with E-state index in [1.807, 2.05) is 25.1 Å². The van der Waals surface area contributed by atoms with Gasteiger partial charge in [0, 0.05) is 17.8 Å². The Labute approximate surface area is 123 Å². The first kappa shape index (κ1) is 13.8. The van der Waals surface area contributed by atoms with Crippen LogP contribution in [0.2, 0.25) is 0 Å². The van der Waals surface area contributed by atoms with Crippen LogP contribution in [0.15, 0.2) is 29.0 Å². The third-order valence-electron chi connectivity index (χ3n) is 3.95. The summed E-state index contributed by atoms with van der Waals surface area (Å²) in [5.74, 6) is 0.939. The molecule has 0 aliphatic carbocycles. The van der Waals surface area contributed by atoms with Crippen LogP contribution in [-0.4, -0.2) is 29.2 Å². The fourth-order valence-electron chi connectivity index (χ4n) is 2.62. The smallest absolute Gasteiger partial charge is 0.247 e. The van der Waals surface area contributed by atoms with Crippen molar-refractivity contribution in [2.75, 3.05) is 18.4 Å². The molecule has 0 saturated carbocycles. The van der Waals surface area contributed by atoms with Gasteiger partial charge in [-0.15, -0.1) is 10.2 Å². The molecule has 0 radical (unpaired) electrons. The highest BCUT2D eigenvalue weighted by molar-refractivity contribution is 5.94. The summed E-state index contributed by atoms with van der Waals surface area (Å²) in [7, 11) is 0. The van der Waals surface area contributed by atoms with Crippen molar-refractivity contribution >= 4 is 11.6 Å². The first-order valence-electron chi connectivity index (χ1n) is 7.04. The summed E-state index contributed by atoms with van der Waals surface area (Å²) in [6, 6.07) is 5.67. The van der Waals surface area contributed by atoms with Gasteiger partial charge in [-0.1, -0.05) is 6.92 Å². The Morgan fingerprint density at radius 1 is 1.43 bits per heavy atom. The van der Waals surface area contributed by atoms with Crippen LogP contribution in [0.1, 0.15) is 12.5 Å². The van der Waals surface area contributed by atoms with Crippen LogP contribution in [0.3, 0.4) is 0 Å². The summed E-state index contributed by atoms with van der Waals surface area (Å²) in [6.45, 7) is 5.68. The van der Waals surface area contributed by atoms with E-state index in [0.29, 0.717) is 11.8 Å². The SMILES string of the molecule is Cc1cc(-c2nnco2)ccc1NC(=O)[C@@H]1CNC[C@H]1C. The van der Waals surface area contributed by atoms with Crippen molar-refractivity contribution in [2.45, 2.75) is 13.8 Å². The average molecular weight is 286 g/mol. The Bertz CT molecular complexity index is 639. The third-order valence-corrected chi connectivity index (χ3v) is 3.95. The second kappa shape index (κ2) is 5.65. The molecule has 2 aromatic rings. The van der Waals surface area contributed by atoms with E-state index < -0.39 is 0 Å². The predicted molar refractivity (Wildman–Crippen MR) is 78.6 cm³/mol. The molecule has 0 unspecified atom stereocenters. The highest BCUT2D eigenvalue weighted by Crippen LogP contribution is 2.25. The third kappa shape index (κ3) is 2.80. The summed E-state index contributed by atoms with van der Waals surface area (Å²) < 4.78 is 5.17. The van der Waals surface area contributed by atoms with Crippen LogP contribution < -0.4 is 10.6 Å². The number of carbonyl (C=O) groups is 1. The molecular formula is C15H18N4O2. The lowest BCUT2D eigenvalue weighted by atomic mass is 9.97. The molecule has 1 saturated heterocycles. The van der Waals surface area contributed by atoms with Crippen molar-refractivity contribution in [3.63, 3.8) is 0 Å². The minimum atomic E-state index is 0.0278. The number of nitrogens with one attached hydrogen (secondary N) is 2. The molecule has 1 aliphatic rings. The lowest BCUT2D eigenvalue weighted by molar-refractivity contribution is -0.120. The van der Waals surface area contributed by atoms with Gasteiger partial charge >= 0.3 is 0 Å². The van der Waals surface area contributed by atoms with Gasteiger partial charge in [0.2, 0.25) is 18.2 Å². The quantitative estimate of drug-likeness (QED) is 0.900. The number of hydrogen-bond donors (Lipinski definition) is 2. The fraction of sp³-hybridized carbons (Fsp3) is 0.400.